The van der Waals surface area contributed by atoms with E-state index in [0.717, 1.165) is 17.0 Å². The highest BCUT2D eigenvalue weighted by atomic mass is 32.2. The first-order chi connectivity index (χ1) is 9.50. The monoisotopic (exact) mass is 317 g/mol. The lowest BCUT2D eigenvalue weighted by molar-refractivity contribution is -0.127. The molecule has 1 aromatic rings. The Kier molecular flexibility index (Phi) is 4.72. The molecule has 0 aliphatic heterocycles. The van der Waals surface area contributed by atoms with E-state index in [1.165, 1.54) is 27.9 Å². The van der Waals surface area contributed by atoms with E-state index in [0.29, 0.717) is 0 Å². The summed E-state index contributed by atoms with van der Waals surface area (Å²) in [6, 6.07) is 1.62. The molecule has 0 saturated heterocycles. The minimum atomic E-state index is -4.19. The highest BCUT2D eigenvalue weighted by Crippen LogP contribution is 2.25. The van der Waals surface area contributed by atoms with E-state index in [-0.39, 0.29) is 5.56 Å². The highest BCUT2D eigenvalue weighted by molar-refractivity contribution is 7.92. The van der Waals surface area contributed by atoms with E-state index >= 15 is 0 Å². The summed E-state index contributed by atoms with van der Waals surface area (Å²) in [6.07, 6.45) is 0. The van der Waals surface area contributed by atoms with Crippen molar-refractivity contribution in [3.05, 3.63) is 29.1 Å². The number of nitrogens with zero attached hydrogens (tertiary/aromatic N) is 1. The van der Waals surface area contributed by atoms with Crippen molar-refractivity contribution in [3.8, 4) is 0 Å². The number of carboxylic acid groups (broad SMARTS) is 1. The van der Waals surface area contributed by atoms with Crippen LogP contribution in [0.5, 0.6) is 0 Å². The molecular formula is C13H16FNO5S. The number of carbonyl (C=O) groups excluding carboxylic acids is 1. The standard InChI is InChI=1S/C13H16FNO5S/c1-7-10(14)5-9(13(17)18)6-11(7)21(19,20)8(2)12(16)15(3)4/h5-6,8H,1-4H3,(H,17,18). The first-order valence-corrected chi connectivity index (χ1v) is 7.53. The summed E-state index contributed by atoms with van der Waals surface area (Å²) in [5.41, 5.74) is -0.695. The van der Waals surface area contributed by atoms with Crippen LogP contribution in [0.15, 0.2) is 17.0 Å². The van der Waals surface area contributed by atoms with Crippen LogP contribution in [0.2, 0.25) is 0 Å². The summed E-state index contributed by atoms with van der Waals surface area (Å²) < 4.78 is 38.6. The fourth-order valence-corrected chi connectivity index (χ4v) is 3.43. The van der Waals surface area contributed by atoms with Gasteiger partial charge in [0, 0.05) is 19.7 Å². The average molecular weight is 317 g/mol. The van der Waals surface area contributed by atoms with E-state index in [4.69, 9.17) is 5.11 Å². The zero-order valence-corrected chi connectivity index (χ0v) is 12.9. The number of aromatic carboxylic acids is 1. The Morgan fingerprint density at radius 1 is 1.29 bits per heavy atom. The van der Waals surface area contributed by atoms with E-state index < -0.39 is 43.2 Å². The summed E-state index contributed by atoms with van der Waals surface area (Å²) in [5, 5.41) is 7.45. The van der Waals surface area contributed by atoms with Gasteiger partial charge >= 0.3 is 5.97 Å². The molecule has 6 nitrogen and oxygen atoms in total. The number of sulfone groups is 1. The van der Waals surface area contributed by atoms with Gasteiger partial charge in [-0.25, -0.2) is 17.6 Å². The molecule has 0 radical (unpaired) electrons. The van der Waals surface area contributed by atoms with Crippen LogP contribution in [0.25, 0.3) is 0 Å². The summed E-state index contributed by atoms with van der Waals surface area (Å²) in [5.74, 6) is -3.06. The molecule has 1 aromatic carbocycles. The molecule has 0 aliphatic carbocycles. The molecule has 0 fully saturated rings. The van der Waals surface area contributed by atoms with Crippen LogP contribution >= 0.6 is 0 Å². The number of carboxylic acids is 1. The third kappa shape index (κ3) is 3.21. The Hall–Kier alpha value is -1.96. The lowest BCUT2D eigenvalue weighted by Gasteiger charge is -2.18. The molecule has 0 aromatic heterocycles. The van der Waals surface area contributed by atoms with Crippen molar-refractivity contribution in [2.45, 2.75) is 24.0 Å². The van der Waals surface area contributed by atoms with Gasteiger partial charge in [-0.1, -0.05) is 0 Å². The molecule has 8 heteroatoms. The molecule has 1 unspecified atom stereocenters. The number of hydrogen-bond donors (Lipinski definition) is 1. The molecule has 1 amide bonds. The van der Waals surface area contributed by atoms with E-state index in [1.807, 2.05) is 0 Å². The van der Waals surface area contributed by atoms with Crippen LogP contribution in [0.1, 0.15) is 22.8 Å². The Balaban J connectivity index is 3.51. The second-order valence-corrected chi connectivity index (χ2v) is 7.04. The van der Waals surface area contributed by atoms with Gasteiger partial charge in [0.25, 0.3) is 0 Å². The van der Waals surface area contributed by atoms with Gasteiger partial charge in [-0.05, 0) is 26.0 Å². The fourth-order valence-electron chi connectivity index (χ4n) is 1.76. The van der Waals surface area contributed by atoms with Gasteiger partial charge in [0.1, 0.15) is 11.1 Å². The number of rotatable bonds is 4. The highest BCUT2D eigenvalue weighted by Gasteiger charge is 2.33. The zero-order valence-electron chi connectivity index (χ0n) is 12.0. The van der Waals surface area contributed by atoms with Crippen LogP contribution in [0.4, 0.5) is 4.39 Å². The van der Waals surface area contributed by atoms with Crippen molar-refractivity contribution in [1.29, 1.82) is 0 Å². The molecule has 0 heterocycles. The summed E-state index contributed by atoms with van der Waals surface area (Å²) in [7, 11) is -1.39. The number of hydrogen-bond acceptors (Lipinski definition) is 4. The average Bonchev–Trinajstić information content (AvgIpc) is 2.39. The normalized spacial score (nSPS) is 12.8. The second kappa shape index (κ2) is 5.80. The number of benzene rings is 1. The van der Waals surface area contributed by atoms with Crippen molar-refractivity contribution >= 4 is 21.7 Å². The minimum absolute atomic E-state index is 0.210. The largest absolute Gasteiger partial charge is 0.478 e. The van der Waals surface area contributed by atoms with Crippen molar-refractivity contribution in [2.75, 3.05) is 14.1 Å². The van der Waals surface area contributed by atoms with Gasteiger partial charge in [-0.3, -0.25) is 4.79 Å². The molecular weight excluding hydrogens is 301 g/mol. The predicted molar refractivity (Wildman–Crippen MR) is 73.4 cm³/mol. The molecule has 1 atom stereocenters. The molecule has 116 valence electrons. The van der Waals surface area contributed by atoms with Crippen LogP contribution in [-0.2, 0) is 14.6 Å². The maximum Gasteiger partial charge on any atom is 0.335 e. The maximum absolute atomic E-state index is 13.7. The molecule has 21 heavy (non-hydrogen) atoms. The van der Waals surface area contributed by atoms with Gasteiger partial charge in [0.2, 0.25) is 5.91 Å². The Morgan fingerprint density at radius 2 is 1.81 bits per heavy atom. The topological polar surface area (TPSA) is 91.7 Å². The van der Waals surface area contributed by atoms with E-state index in [9.17, 15) is 22.4 Å². The van der Waals surface area contributed by atoms with Crippen molar-refractivity contribution in [1.82, 2.24) is 4.90 Å². The van der Waals surface area contributed by atoms with E-state index in [2.05, 4.69) is 0 Å². The van der Waals surface area contributed by atoms with Gasteiger partial charge in [0.15, 0.2) is 9.84 Å². The fraction of sp³-hybridized carbons (Fsp3) is 0.385. The van der Waals surface area contributed by atoms with Crippen LogP contribution in [0.3, 0.4) is 0 Å². The second-order valence-electron chi connectivity index (χ2n) is 4.81. The Bertz CT molecular complexity index is 697. The summed E-state index contributed by atoms with van der Waals surface area (Å²) >= 11 is 0. The molecule has 1 N–H and O–H groups in total. The smallest absolute Gasteiger partial charge is 0.335 e. The van der Waals surface area contributed by atoms with E-state index in [1.54, 1.807) is 0 Å². The third-order valence-electron chi connectivity index (χ3n) is 3.10. The lowest BCUT2D eigenvalue weighted by atomic mass is 10.1. The van der Waals surface area contributed by atoms with Crippen molar-refractivity contribution in [2.24, 2.45) is 0 Å². The van der Waals surface area contributed by atoms with Gasteiger partial charge < -0.3 is 10.0 Å². The molecule has 0 bridgehead atoms. The molecule has 1 rings (SSSR count). The molecule has 0 spiro atoms. The van der Waals surface area contributed by atoms with Gasteiger partial charge in [-0.2, -0.15) is 0 Å². The predicted octanol–water partition coefficient (Wildman–Crippen LogP) is 1.08. The third-order valence-corrected chi connectivity index (χ3v) is 5.27. The lowest BCUT2D eigenvalue weighted by Crippen LogP contribution is -2.37. The summed E-state index contributed by atoms with van der Waals surface area (Å²) in [4.78, 5) is 23.4. The first kappa shape index (κ1) is 17.1. The first-order valence-electron chi connectivity index (χ1n) is 5.98. The number of halogens is 1. The SMILES string of the molecule is Cc1c(F)cc(C(=O)O)cc1S(=O)(=O)C(C)C(=O)N(C)C. The van der Waals surface area contributed by atoms with Crippen LogP contribution < -0.4 is 0 Å². The number of amides is 1. The zero-order chi connectivity index (χ0) is 16.5. The van der Waals surface area contributed by atoms with Crippen molar-refractivity contribution in [3.63, 3.8) is 0 Å². The van der Waals surface area contributed by atoms with Gasteiger partial charge in [-0.15, -0.1) is 0 Å². The molecule has 0 aliphatic rings. The summed E-state index contributed by atoms with van der Waals surface area (Å²) in [6.45, 7) is 2.41. The van der Waals surface area contributed by atoms with Gasteiger partial charge in [0.05, 0.1) is 10.5 Å². The van der Waals surface area contributed by atoms with Crippen molar-refractivity contribution < 1.29 is 27.5 Å². The molecule has 0 saturated carbocycles. The minimum Gasteiger partial charge on any atom is -0.478 e. The Labute approximate surface area is 122 Å². The quantitative estimate of drug-likeness (QED) is 0.897. The number of carbonyl (C=O) groups is 2. The van der Waals surface area contributed by atoms with Crippen LogP contribution in [0, 0.1) is 12.7 Å². The Morgan fingerprint density at radius 3 is 2.24 bits per heavy atom. The maximum atomic E-state index is 13.7. The van der Waals surface area contributed by atoms with Crippen LogP contribution in [-0.4, -0.2) is 49.6 Å².